The van der Waals surface area contributed by atoms with Gasteiger partial charge in [-0.15, -0.1) is 9.24 Å². The van der Waals surface area contributed by atoms with Crippen LogP contribution in [0.1, 0.15) is 77.2 Å². The lowest BCUT2D eigenvalue weighted by atomic mass is 9.79. The summed E-state index contributed by atoms with van der Waals surface area (Å²) in [5, 5.41) is 0. The van der Waals surface area contributed by atoms with Crippen molar-refractivity contribution >= 4 is 9.24 Å². The third kappa shape index (κ3) is 3.82. The Labute approximate surface area is 116 Å². The van der Waals surface area contributed by atoms with Gasteiger partial charge in [0.25, 0.3) is 0 Å². The first kappa shape index (κ1) is 15.7. The van der Waals surface area contributed by atoms with Gasteiger partial charge in [-0.2, -0.15) is 0 Å². The molecule has 0 aliphatic heterocycles. The molecule has 18 heavy (non-hydrogen) atoms. The average molecular weight is 264 g/mol. The molecule has 0 aromatic heterocycles. The van der Waals surface area contributed by atoms with Crippen molar-refractivity contribution in [2.45, 2.75) is 71.4 Å². The molecule has 0 fully saturated rings. The van der Waals surface area contributed by atoms with Crippen LogP contribution < -0.4 is 0 Å². The van der Waals surface area contributed by atoms with Gasteiger partial charge in [0, 0.05) is 0 Å². The summed E-state index contributed by atoms with van der Waals surface area (Å²) in [6.07, 6.45) is 1.17. The van der Waals surface area contributed by atoms with Crippen molar-refractivity contribution in [3.8, 4) is 0 Å². The van der Waals surface area contributed by atoms with Crippen LogP contribution in [-0.4, -0.2) is 0 Å². The van der Waals surface area contributed by atoms with Crippen LogP contribution in [0.2, 0.25) is 0 Å². The van der Waals surface area contributed by atoms with Crippen molar-refractivity contribution < 1.29 is 0 Å². The number of hydrogen-bond acceptors (Lipinski definition) is 0. The van der Waals surface area contributed by atoms with Gasteiger partial charge in [0.2, 0.25) is 0 Å². The van der Waals surface area contributed by atoms with Crippen LogP contribution in [0.5, 0.6) is 0 Å². The molecule has 1 aromatic carbocycles. The van der Waals surface area contributed by atoms with Crippen LogP contribution in [0, 0.1) is 0 Å². The minimum atomic E-state index is 0.216. The van der Waals surface area contributed by atoms with Gasteiger partial charge in [-0.3, -0.25) is 0 Å². The topological polar surface area (TPSA) is 0 Å². The Morgan fingerprint density at radius 2 is 1.28 bits per heavy atom. The van der Waals surface area contributed by atoms with E-state index in [0.717, 1.165) is 0 Å². The minimum absolute atomic E-state index is 0.216. The van der Waals surface area contributed by atoms with E-state index < -0.39 is 0 Å². The fourth-order valence-corrected chi connectivity index (χ4v) is 2.16. The van der Waals surface area contributed by atoms with E-state index in [9.17, 15) is 0 Å². The molecular weight excluding hydrogens is 235 g/mol. The Balaban J connectivity index is 3.39. The molecule has 0 nitrogen and oxygen atoms in total. The van der Waals surface area contributed by atoms with E-state index in [2.05, 4.69) is 75.9 Å². The van der Waals surface area contributed by atoms with E-state index in [4.69, 9.17) is 0 Å². The predicted octanol–water partition coefficient (Wildman–Crippen LogP) is 5.61. The molecule has 1 heteroatoms. The van der Waals surface area contributed by atoms with Gasteiger partial charge in [0.05, 0.1) is 0 Å². The zero-order valence-electron chi connectivity index (χ0n) is 13.1. The van der Waals surface area contributed by atoms with Gasteiger partial charge in [-0.1, -0.05) is 66.7 Å². The molecule has 0 aliphatic rings. The van der Waals surface area contributed by atoms with Gasteiger partial charge in [0.15, 0.2) is 0 Å². The largest absolute Gasteiger partial charge is 0.130 e. The molecule has 0 saturated heterocycles. The molecule has 0 spiro atoms. The maximum absolute atomic E-state index is 2.98. The molecule has 2 atom stereocenters. The van der Waals surface area contributed by atoms with Crippen LogP contribution in [0.15, 0.2) is 18.2 Å². The van der Waals surface area contributed by atoms with Gasteiger partial charge in [-0.25, -0.2) is 0 Å². The summed E-state index contributed by atoms with van der Waals surface area (Å²) < 4.78 is 0. The lowest BCUT2D eigenvalue weighted by Gasteiger charge is -2.27. The van der Waals surface area contributed by atoms with Crippen LogP contribution in [0.4, 0.5) is 0 Å². The first-order valence-electron chi connectivity index (χ1n) is 6.97. The number of hydrogen-bond donors (Lipinski definition) is 0. The summed E-state index contributed by atoms with van der Waals surface area (Å²) in [6.45, 7) is 16.0. The van der Waals surface area contributed by atoms with Crippen molar-refractivity contribution in [2.24, 2.45) is 0 Å². The van der Waals surface area contributed by atoms with E-state index in [1.807, 2.05) is 0 Å². The molecule has 1 rings (SSSR count). The van der Waals surface area contributed by atoms with E-state index in [1.54, 1.807) is 0 Å². The lowest BCUT2D eigenvalue weighted by Crippen LogP contribution is -2.17. The molecule has 0 bridgehead atoms. The summed E-state index contributed by atoms with van der Waals surface area (Å²) in [5.74, 6) is 0. The third-order valence-corrected chi connectivity index (χ3v) is 4.41. The van der Waals surface area contributed by atoms with Crippen molar-refractivity contribution in [3.63, 3.8) is 0 Å². The summed E-state index contributed by atoms with van der Waals surface area (Å²) >= 11 is 0. The zero-order chi connectivity index (χ0) is 14.1. The van der Waals surface area contributed by atoms with E-state index in [0.29, 0.717) is 5.66 Å². The predicted molar refractivity (Wildman–Crippen MR) is 86.6 cm³/mol. The highest BCUT2D eigenvalue weighted by Gasteiger charge is 2.21. The van der Waals surface area contributed by atoms with E-state index >= 15 is 0 Å². The molecule has 2 unspecified atom stereocenters. The molecule has 0 saturated carbocycles. The second-order valence-electron chi connectivity index (χ2n) is 7.36. The SMILES string of the molecule is CCC(P)c1cc(C(C)(C)C)cc(C(C)(C)C)c1. The maximum Gasteiger partial charge on any atom is -0.00170 e. The molecule has 102 valence electrons. The summed E-state index contributed by atoms with van der Waals surface area (Å²) in [7, 11) is 2.98. The lowest BCUT2D eigenvalue weighted by molar-refractivity contribution is 0.566. The Hall–Kier alpha value is -0.350. The summed E-state index contributed by atoms with van der Waals surface area (Å²) in [4.78, 5) is 0. The normalized spacial score (nSPS) is 14.7. The number of benzene rings is 1. The highest BCUT2D eigenvalue weighted by atomic mass is 31.0. The van der Waals surface area contributed by atoms with Crippen LogP contribution >= 0.6 is 9.24 Å². The first-order chi connectivity index (χ1) is 8.05. The standard InChI is InChI=1S/C17H29P/c1-8-15(18)12-9-13(16(2,3)4)11-14(10-12)17(5,6)7/h9-11,15H,8,18H2,1-7H3. The molecule has 0 aliphatic carbocycles. The second kappa shape index (κ2) is 5.33. The van der Waals surface area contributed by atoms with Crippen molar-refractivity contribution in [3.05, 3.63) is 34.9 Å². The van der Waals surface area contributed by atoms with E-state index in [1.165, 1.54) is 23.1 Å². The average Bonchev–Trinajstić information content (AvgIpc) is 2.25. The maximum atomic E-state index is 2.98. The van der Waals surface area contributed by atoms with Gasteiger partial charge < -0.3 is 0 Å². The summed E-state index contributed by atoms with van der Waals surface area (Å²) in [5.41, 5.74) is 5.35. The monoisotopic (exact) mass is 264 g/mol. The number of rotatable bonds is 2. The third-order valence-electron chi connectivity index (χ3n) is 3.56. The van der Waals surface area contributed by atoms with Gasteiger partial charge in [-0.05, 0) is 39.6 Å². The molecule has 0 heterocycles. The highest BCUT2D eigenvalue weighted by Crippen LogP contribution is 2.35. The highest BCUT2D eigenvalue weighted by molar-refractivity contribution is 7.17. The van der Waals surface area contributed by atoms with Crippen LogP contribution in [0.25, 0.3) is 0 Å². The van der Waals surface area contributed by atoms with Gasteiger partial charge >= 0.3 is 0 Å². The van der Waals surface area contributed by atoms with E-state index in [-0.39, 0.29) is 10.8 Å². The van der Waals surface area contributed by atoms with Crippen molar-refractivity contribution in [1.82, 2.24) is 0 Å². The molecular formula is C17H29P. The molecule has 0 N–H and O–H groups in total. The minimum Gasteiger partial charge on any atom is -0.130 e. The Morgan fingerprint density at radius 1 is 0.889 bits per heavy atom. The van der Waals surface area contributed by atoms with Gasteiger partial charge in [0.1, 0.15) is 0 Å². The van der Waals surface area contributed by atoms with Crippen molar-refractivity contribution in [2.75, 3.05) is 0 Å². The Kier molecular flexibility index (Phi) is 4.65. The van der Waals surface area contributed by atoms with Crippen LogP contribution in [-0.2, 0) is 10.8 Å². The Morgan fingerprint density at radius 3 is 1.56 bits per heavy atom. The zero-order valence-corrected chi connectivity index (χ0v) is 14.2. The fraction of sp³-hybridized carbons (Fsp3) is 0.647. The first-order valence-corrected chi connectivity index (χ1v) is 7.64. The molecule has 0 amide bonds. The smallest absolute Gasteiger partial charge is 0.00170 e. The fourth-order valence-electron chi connectivity index (χ4n) is 1.97. The summed E-state index contributed by atoms with van der Waals surface area (Å²) in [6, 6.07) is 7.16. The Bertz CT molecular complexity index is 372. The van der Waals surface area contributed by atoms with Crippen LogP contribution in [0.3, 0.4) is 0 Å². The van der Waals surface area contributed by atoms with Crippen molar-refractivity contribution in [1.29, 1.82) is 0 Å². The molecule has 0 radical (unpaired) electrons. The second-order valence-corrected chi connectivity index (χ2v) is 8.16. The molecule has 1 aromatic rings. The quantitative estimate of drug-likeness (QED) is 0.609.